The van der Waals surface area contributed by atoms with Crippen molar-refractivity contribution < 1.29 is 9.53 Å². The van der Waals surface area contributed by atoms with Crippen molar-refractivity contribution in [3.8, 4) is 5.75 Å². The quantitative estimate of drug-likeness (QED) is 0.704. The Labute approximate surface area is 135 Å². The number of rotatable bonds is 7. The Kier molecular flexibility index (Phi) is 6.06. The van der Waals surface area contributed by atoms with Gasteiger partial charge in [-0.25, -0.2) is 0 Å². The van der Waals surface area contributed by atoms with E-state index in [0.717, 1.165) is 29.7 Å². The molecule has 1 aliphatic heterocycles. The number of alkyl halides is 1. The van der Waals surface area contributed by atoms with E-state index in [2.05, 4.69) is 20.8 Å². The molecular weight excluding hydrogens is 332 g/mol. The zero-order valence-electron chi connectivity index (χ0n) is 12.7. The van der Waals surface area contributed by atoms with Gasteiger partial charge in [0.05, 0.1) is 0 Å². The average molecular weight is 355 g/mol. The van der Waals surface area contributed by atoms with Crippen molar-refractivity contribution in [2.45, 2.75) is 13.0 Å². The molecule has 1 fully saturated rings. The Bertz CT molecular complexity index is 462. The number of hydrogen-bond acceptors (Lipinski definition) is 3. The molecule has 0 N–H and O–H groups in total. The molecule has 5 heteroatoms. The summed E-state index contributed by atoms with van der Waals surface area (Å²) in [6.07, 6.45) is 0.664. The Morgan fingerprint density at radius 2 is 2.05 bits per heavy atom. The molecule has 0 spiro atoms. The van der Waals surface area contributed by atoms with Gasteiger partial charge < -0.3 is 14.5 Å². The third-order valence-electron chi connectivity index (χ3n) is 3.62. The summed E-state index contributed by atoms with van der Waals surface area (Å²) in [7, 11) is 4.06. The molecule has 1 atom stereocenters. The van der Waals surface area contributed by atoms with Crippen LogP contribution in [0.1, 0.15) is 12.0 Å². The van der Waals surface area contributed by atoms with Crippen LogP contribution in [0.15, 0.2) is 24.3 Å². The highest BCUT2D eigenvalue weighted by Gasteiger charge is 2.28. The van der Waals surface area contributed by atoms with E-state index in [9.17, 15) is 4.79 Å². The van der Waals surface area contributed by atoms with Gasteiger partial charge in [0.1, 0.15) is 12.4 Å². The minimum absolute atomic E-state index is 0.255. The minimum Gasteiger partial charge on any atom is -0.492 e. The number of carbonyl (C=O) groups is 1. The first-order valence-corrected chi connectivity index (χ1v) is 8.41. The van der Waals surface area contributed by atoms with Gasteiger partial charge in [-0.3, -0.25) is 4.79 Å². The second kappa shape index (κ2) is 7.80. The van der Waals surface area contributed by atoms with Gasteiger partial charge in [0.15, 0.2) is 0 Å². The lowest BCUT2D eigenvalue weighted by Gasteiger charge is -2.17. The monoisotopic (exact) mass is 354 g/mol. The van der Waals surface area contributed by atoms with Gasteiger partial charge in [0.25, 0.3) is 0 Å². The van der Waals surface area contributed by atoms with Gasteiger partial charge in [-0.1, -0.05) is 28.1 Å². The number of halogens is 1. The van der Waals surface area contributed by atoms with E-state index in [1.807, 2.05) is 43.3 Å². The molecule has 0 aromatic heterocycles. The van der Waals surface area contributed by atoms with Crippen molar-refractivity contribution >= 4 is 21.8 Å². The summed E-state index contributed by atoms with van der Waals surface area (Å²) < 4.78 is 5.67. The van der Waals surface area contributed by atoms with Crippen LogP contribution in [0.5, 0.6) is 5.75 Å². The molecule has 0 radical (unpaired) electrons. The van der Waals surface area contributed by atoms with Crippen LogP contribution in [0.25, 0.3) is 0 Å². The zero-order valence-corrected chi connectivity index (χ0v) is 14.3. The molecular formula is C16H23BrN2O2. The lowest BCUT2D eigenvalue weighted by molar-refractivity contribution is -0.128. The van der Waals surface area contributed by atoms with Crippen molar-refractivity contribution in [3.05, 3.63) is 29.8 Å². The molecule has 21 heavy (non-hydrogen) atoms. The fourth-order valence-electron chi connectivity index (χ4n) is 2.37. The Balaban J connectivity index is 1.83. The molecule has 0 aliphatic carbocycles. The van der Waals surface area contributed by atoms with E-state index >= 15 is 0 Å². The van der Waals surface area contributed by atoms with Crippen molar-refractivity contribution in [3.63, 3.8) is 0 Å². The molecule has 1 aliphatic rings. The molecule has 0 bridgehead atoms. The van der Waals surface area contributed by atoms with Gasteiger partial charge in [0.2, 0.25) is 5.91 Å². The molecule has 1 amide bonds. The average Bonchev–Trinajstić information content (AvgIpc) is 2.81. The predicted molar refractivity (Wildman–Crippen MR) is 87.8 cm³/mol. The first-order chi connectivity index (χ1) is 10.1. The molecule has 1 unspecified atom stereocenters. The number of ether oxygens (including phenoxy) is 1. The number of benzene rings is 1. The highest BCUT2D eigenvalue weighted by molar-refractivity contribution is 9.09. The maximum atomic E-state index is 11.9. The summed E-state index contributed by atoms with van der Waals surface area (Å²) in [5.74, 6) is 1.59. The summed E-state index contributed by atoms with van der Waals surface area (Å²) in [5.41, 5.74) is 1.15. The normalized spacial score (nSPS) is 18.6. The van der Waals surface area contributed by atoms with E-state index in [1.54, 1.807) is 0 Å². The van der Waals surface area contributed by atoms with Crippen molar-refractivity contribution in [1.82, 2.24) is 9.80 Å². The maximum Gasteiger partial charge on any atom is 0.223 e. The van der Waals surface area contributed by atoms with Crippen LogP contribution in [0.4, 0.5) is 0 Å². The van der Waals surface area contributed by atoms with Crippen LogP contribution >= 0.6 is 15.9 Å². The lowest BCUT2D eigenvalue weighted by atomic mass is 10.2. The van der Waals surface area contributed by atoms with Crippen molar-refractivity contribution in [2.24, 2.45) is 5.92 Å². The third kappa shape index (κ3) is 5.00. The number of hydrogen-bond donors (Lipinski definition) is 0. The molecule has 4 nitrogen and oxygen atoms in total. The zero-order chi connectivity index (χ0) is 15.2. The summed E-state index contributed by atoms with van der Waals surface area (Å²) in [6.45, 7) is 3.13. The molecule has 1 aromatic carbocycles. The van der Waals surface area contributed by atoms with Crippen molar-refractivity contribution in [1.29, 1.82) is 0 Å². The summed E-state index contributed by atoms with van der Waals surface area (Å²) >= 11 is 3.46. The SMILES string of the molecule is CN(C)CCOc1ccc(CN2CC(CBr)CC2=O)cc1. The Morgan fingerprint density at radius 3 is 2.62 bits per heavy atom. The minimum atomic E-state index is 0.255. The Morgan fingerprint density at radius 1 is 1.33 bits per heavy atom. The molecule has 1 aromatic rings. The second-order valence-corrected chi connectivity index (χ2v) is 6.44. The van der Waals surface area contributed by atoms with E-state index in [4.69, 9.17) is 4.74 Å². The third-order valence-corrected chi connectivity index (χ3v) is 4.53. The maximum absolute atomic E-state index is 11.9. The number of likely N-dealkylation sites (N-methyl/N-ethyl adjacent to an activating group) is 1. The van der Waals surface area contributed by atoms with Gasteiger partial charge in [0, 0.05) is 31.4 Å². The number of likely N-dealkylation sites (tertiary alicyclic amines) is 1. The number of amides is 1. The van der Waals surface area contributed by atoms with Gasteiger partial charge in [-0.2, -0.15) is 0 Å². The smallest absolute Gasteiger partial charge is 0.223 e. The van der Waals surface area contributed by atoms with E-state index in [1.165, 1.54) is 0 Å². The number of carbonyl (C=O) groups excluding carboxylic acids is 1. The molecule has 2 rings (SSSR count). The highest BCUT2D eigenvalue weighted by Crippen LogP contribution is 2.22. The fourth-order valence-corrected chi connectivity index (χ4v) is 2.80. The van der Waals surface area contributed by atoms with Crippen LogP contribution < -0.4 is 4.74 Å². The van der Waals surface area contributed by atoms with Crippen LogP contribution in [0, 0.1) is 5.92 Å². The van der Waals surface area contributed by atoms with E-state index in [0.29, 0.717) is 25.5 Å². The first-order valence-electron chi connectivity index (χ1n) is 7.28. The lowest BCUT2D eigenvalue weighted by Crippen LogP contribution is -2.24. The highest BCUT2D eigenvalue weighted by atomic mass is 79.9. The van der Waals surface area contributed by atoms with E-state index < -0.39 is 0 Å². The Hall–Kier alpha value is -1.07. The first kappa shape index (κ1) is 16.3. The predicted octanol–water partition coefficient (Wildman–Crippen LogP) is 2.37. The summed E-state index contributed by atoms with van der Waals surface area (Å²) in [4.78, 5) is 15.9. The molecule has 1 heterocycles. The van der Waals surface area contributed by atoms with Crippen LogP contribution in [0.3, 0.4) is 0 Å². The van der Waals surface area contributed by atoms with Gasteiger partial charge >= 0.3 is 0 Å². The van der Waals surface area contributed by atoms with Crippen LogP contribution in [-0.2, 0) is 11.3 Å². The summed E-state index contributed by atoms with van der Waals surface area (Å²) in [5, 5.41) is 0.897. The van der Waals surface area contributed by atoms with E-state index in [-0.39, 0.29) is 5.91 Å². The van der Waals surface area contributed by atoms with Crippen molar-refractivity contribution in [2.75, 3.05) is 39.1 Å². The summed E-state index contributed by atoms with van der Waals surface area (Å²) in [6, 6.07) is 8.04. The van der Waals surface area contributed by atoms with Crippen LogP contribution in [-0.4, -0.2) is 54.8 Å². The second-order valence-electron chi connectivity index (χ2n) is 5.79. The largest absolute Gasteiger partial charge is 0.492 e. The topological polar surface area (TPSA) is 32.8 Å². The van der Waals surface area contributed by atoms with Gasteiger partial charge in [-0.05, 0) is 37.7 Å². The molecule has 0 saturated carbocycles. The molecule has 116 valence electrons. The number of nitrogens with zero attached hydrogens (tertiary/aromatic N) is 2. The standard InChI is InChI=1S/C16H23BrN2O2/c1-18(2)7-8-21-15-5-3-13(4-6-15)11-19-12-14(10-17)9-16(19)20/h3-6,14H,7-12H2,1-2H3. The molecule has 1 saturated heterocycles. The van der Waals surface area contributed by atoms with Crippen LogP contribution in [0.2, 0.25) is 0 Å². The fraction of sp³-hybridized carbons (Fsp3) is 0.562. The van der Waals surface area contributed by atoms with Gasteiger partial charge in [-0.15, -0.1) is 0 Å².